The Bertz CT molecular complexity index is 1590. The summed E-state index contributed by atoms with van der Waals surface area (Å²) in [6.07, 6.45) is 0.804. The molecule has 0 saturated heterocycles. The first kappa shape index (κ1) is 43.3. The molecule has 11 heteroatoms. The van der Waals surface area contributed by atoms with E-state index in [0.717, 1.165) is 11.1 Å². The van der Waals surface area contributed by atoms with Gasteiger partial charge in [0.05, 0.1) is 25.7 Å². The molecule has 2 aromatic carbocycles. The molecule has 0 radical (unpaired) electrons. The van der Waals surface area contributed by atoms with Gasteiger partial charge in [-0.3, -0.25) is 19.2 Å². The van der Waals surface area contributed by atoms with Crippen LogP contribution >= 0.6 is 11.3 Å². The number of hydrogen-bond acceptors (Lipinski definition) is 9. The van der Waals surface area contributed by atoms with Gasteiger partial charge in [-0.1, -0.05) is 102 Å². The third-order valence-corrected chi connectivity index (χ3v) is 10.8. The Morgan fingerprint density at radius 1 is 0.868 bits per heavy atom. The molecule has 3 rings (SSSR count). The van der Waals surface area contributed by atoms with Crippen molar-refractivity contribution in [2.75, 3.05) is 20.3 Å². The van der Waals surface area contributed by atoms with Gasteiger partial charge in [0.2, 0.25) is 5.91 Å². The fourth-order valence-electron chi connectivity index (χ4n) is 6.20. The maximum absolute atomic E-state index is 14.2. The van der Waals surface area contributed by atoms with Crippen LogP contribution in [0.3, 0.4) is 0 Å². The number of rotatable bonds is 21. The second kappa shape index (κ2) is 21.6. The van der Waals surface area contributed by atoms with Crippen LogP contribution in [0.25, 0.3) is 0 Å². The molecule has 10 nitrogen and oxygen atoms in total. The molecule has 0 saturated carbocycles. The highest BCUT2D eigenvalue weighted by molar-refractivity contribution is 7.12. The molecule has 290 valence electrons. The Morgan fingerprint density at radius 2 is 1.49 bits per heavy atom. The molecule has 1 aromatic heterocycles. The van der Waals surface area contributed by atoms with E-state index in [-0.39, 0.29) is 53.9 Å². The average molecular weight is 750 g/mol. The van der Waals surface area contributed by atoms with E-state index in [1.807, 2.05) is 95.3 Å². The van der Waals surface area contributed by atoms with Crippen LogP contribution in [0.4, 0.5) is 0 Å². The summed E-state index contributed by atoms with van der Waals surface area (Å²) in [6, 6.07) is 19.0. The highest BCUT2D eigenvalue weighted by Crippen LogP contribution is 2.34. The normalized spacial score (nSPS) is 14.2. The minimum absolute atomic E-state index is 0.0252. The number of carbonyl (C=O) groups excluding carboxylic acids is 4. The van der Waals surface area contributed by atoms with Gasteiger partial charge in [0.15, 0.2) is 6.10 Å². The van der Waals surface area contributed by atoms with Crippen molar-refractivity contribution in [2.45, 2.75) is 106 Å². The van der Waals surface area contributed by atoms with Gasteiger partial charge < -0.3 is 24.4 Å². The smallest absolute Gasteiger partial charge is 0.308 e. The van der Waals surface area contributed by atoms with E-state index >= 15 is 0 Å². The Hall–Kier alpha value is -4.09. The van der Waals surface area contributed by atoms with Gasteiger partial charge in [-0.25, -0.2) is 4.98 Å². The van der Waals surface area contributed by atoms with Crippen LogP contribution in [0.2, 0.25) is 0 Å². The first-order valence-corrected chi connectivity index (χ1v) is 19.6. The first-order valence-electron chi connectivity index (χ1n) is 18.8. The van der Waals surface area contributed by atoms with Crippen LogP contribution in [0.1, 0.15) is 106 Å². The molecule has 0 aliphatic carbocycles. The predicted molar refractivity (Wildman–Crippen MR) is 208 cm³/mol. The first-order chi connectivity index (χ1) is 25.2. The Kier molecular flexibility index (Phi) is 17.6. The molecule has 0 spiro atoms. The van der Waals surface area contributed by atoms with Gasteiger partial charge in [-0.05, 0) is 42.7 Å². The largest absolute Gasteiger partial charge is 0.466 e. The van der Waals surface area contributed by atoms with E-state index in [0.29, 0.717) is 48.8 Å². The number of aromatic nitrogens is 1. The van der Waals surface area contributed by atoms with E-state index in [1.54, 1.807) is 25.8 Å². The number of carbonyl (C=O) groups is 4. The lowest BCUT2D eigenvalue weighted by Crippen LogP contribution is -2.44. The van der Waals surface area contributed by atoms with Crippen molar-refractivity contribution in [3.8, 4) is 0 Å². The van der Waals surface area contributed by atoms with Crippen molar-refractivity contribution in [2.24, 2.45) is 23.7 Å². The molecule has 0 aliphatic rings. The zero-order valence-corrected chi connectivity index (χ0v) is 33.7. The number of hydrogen-bond donors (Lipinski definition) is 1. The van der Waals surface area contributed by atoms with Crippen molar-refractivity contribution in [3.63, 3.8) is 0 Å². The summed E-state index contributed by atoms with van der Waals surface area (Å²) in [7, 11) is 1.80. The lowest BCUT2D eigenvalue weighted by Gasteiger charge is -2.35. The molecule has 0 unspecified atom stereocenters. The van der Waals surface area contributed by atoms with Crippen LogP contribution in [0.15, 0.2) is 60.7 Å². The minimum atomic E-state index is -0.788. The average Bonchev–Trinajstić information content (AvgIpc) is 3.55. The summed E-state index contributed by atoms with van der Waals surface area (Å²) in [4.78, 5) is 60.2. The summed E-state index contributed by atoms with van der Waals surface area (Å²) in [5, 5.41) is 3.65. The molecule has 1 N–H and O–H groups in total. The molecule has 53 heavy (non-hydrogen) atoms. The van der Waals surface area contributed by atoms with Gasteiger partial charge in [0.1, 0.15) is 10.7 Å². The van der Waals surface area contributed by atoms with E-state index in [9.17, 15) is 19.2 Å². The maximum atomic E-state index is 14.2. The molecule has 2 amide bonds. The van der Waals surface area contributed by atoms with Crippen LogP contribution in [0, 0.1) is 23.7 Å². The van der Waals surface area contributed by atoms with Crippen molar-refractivity contribution >= 4 is 35.1 Å². The zero-order valence-electron chi connectivity index (χ0n) is 32.9. The highest BCUT2D eigenvalue weighted by Gasteiger charge is 2.34. The maximum Gasteiger partial charge on any atom is 0.308 e. The molecule has 3 aromatic rings. The third-order valence-electron chi connectivity index (χ3n) is 9.54. The van der Waals surface area contributed by atoms with Gasteiger partial charge >= 0.3 is 11.9 Å². The fourth-order valence-corrected chi connectivity index (χ4v) is 7.29. The molecule has 1 heterocycles. The number of esters is 2. The third kappa shape index (κ3) is 13.7. The lowest BCUT2D eigenvalue weighted by molar-refractivity contribution is -0.149. The number of nitrogens with one attached hydrogen (secondary N) is 1. The van der Waals surface area contributed by atoms with Gasteiger partial charge in [0, 0.05) is 49.7 Å². The second-order valence-corrected chi connectivity index (χ2v) is 15.6. The lowest BCUT2D eigenvalue weighted by atomic mass is 9.92. The molecule has 0 aliphatic heterocycles. The van der Waals surface area contributed by atoms with Crippen molar-refractivity contribution < 1.29 is 33.4 Å². The minimum Gasteiger partial charge on any atom is -0.466 e. The monoisotopic (exact) mass is 749 g/mol. The number of benzene rings is 2. The standard InChI is InChI=1S/C42H59N3O7S/c1-10-51-42(49)29(6)23-34(24-32-17-13-11-14-18-32)43-39(47)38-37(21-22-50-26-33-19-15-12-16-20-33)53-40(44-38)36(52-31(8)46)25-35(28(4)5)45(9)41(48)30(7)27(2)3/h11-20,27-30,34-36H,10,21-26H2,1-9H3,(H,43,47)/t29-,30-,34+,35+,36+/m0/s1. The number of nitrogens with zero attached hydrogens (tertiary/aromatic N) is 2. The quantitative estimate of drug-likeness (QED) is 0.0873. The zero-order chi connectivity index (χ0) is 39.1. The fraction of sp³-hybridized carbons (Fsp3) is 0.548. The number of ether oxygens (including phenoxy) is 3. The van der Waals surface area contributed by atoms with Crippen LogP contribution < -0.4 is 5.32 Å². The molecular weight excluding hydrogens is 691 g/mol. The SMILES string of the molecule is CCOC(=O)[C@@H](C)C[C@H](Cc1ccccc1)NC(=O)c1nc([C@@H](C[C@H](C(C)C)N(C)C(=O)[C@@H](C)C(C)C)OC(C)=O)sc1CCOCc1ccccc1. The van der Waals surface area contributed by atoms with E-state index in [4.69, 9.17) is 19.2 Å². The number of amides is 2. The van der Waals surface area contributed by atoms with Gasteiger partial charge in [-0.15, -0.1) is 11.3 Å². The summed E-state index contributed by atoms with van der Waals surface area (Å²) in [6.45, 7) is 16.0. The van der Waals surface area contributed by atoms with Crippen LogP contribution in [-0.4, -0.2) is 66.0 Å². The molecule has 5 atom stereocenters. The Labute approximate surface area is 320 Å². The topological polar surface area (TPSA) is 124 Å². The summed E-state index contributed by atoms with van der Waals surface area (Å²) >= 11 is 1.32. The summed E-state index contributed by atoms with van der Waals surface area (Å²) in [5.74, 6) is -1.56. The second-order valence-electron chi connectivity index (χ2n) is 14.5. The van der Waals surface area contributed by atoms with E-state index in [1.165, 1.54) is 18.3 Å². The summed E-state index contributed by atoms with van der Waals surface area (Å²) in [5.41, 5.74) is 2.28. The van der Waals surface area contributed by atoms with Crippen LogP contribution in [0.5, 0.6) is 0 Å². The van der Waals surface area contributed by atoms with Gasteiger partial charge in [0.25, 0.3) is 5.91 Å². The highest BCUT2D eigenvalue weighted by atomic mass is 32.1. The van der Waals surface area contributed by atoms with Gasteiger partial charge in [-0.2, -0.15) is 0 Å². The number of thiazole rings is 1. The summed E-state index contributed by atoms with van der Waals surface area (Å²) < 4.78 is 17.2. The van der Waals surface area contributed by atoms with E-state index < -0.39 is 24.0 Å². The van der Waals surface area contributed by atoms with Crippen LogP contribution in [-0.2, 0) is 48.0 Å². The molecular formula is C42H59N3O7S. The Balaban J connectivity index is 1.97. The van der Waals surface area contributed by atoms with Crippen molar-refractivity contribution in [1.29, 1.82) is 0 Å². The predicted octanol–water partition coefficient (Wildman–Crippen LogP) is 7.60. The van der Waals surface area contributed by atoms with Crippen molar-refractivity contribution in [3.05, 3.63) is 87.4 Å². The van der Waals surface area contributed by atoms with E-state index in [2.05, 4.69) is 5.32 Å². The molecule has 0 fully saturated rings. The molecule has 0 bridgehead atoms. The Morgan fingerprint density at radius 3 is 2.06 bits per heavy atom. The van der Waals surface area contributed by atoms with Crippen molar-refractivity contribution in [1.82, 2.24) is 15.2 Å².